The van der Waals surface area contributed by atoms with Gasteiger partial charge in [-0.15, -0.1) is 0 Å². The Morgan fingerprint density at radius 1 is 1.06 bits per heavy atom. The van der Waals surface area contributed by atoms with Crippen LogP contribution in [0, 0.1) is 0 Å². The van der Waals surface area contributed by atoms with Crippen molar-refractivity contribution in [2.45, 2.75) is 0 Å². The highest BCUT2D eigenvalue weighted by Gasteiger charge is 2.10. The van der Waals surface area contributed by atoms with Crippen molar-refractivity contribution in [3.8, 4) is 11.3 Å². The molecule has 0 unspecified atom stereocenters. The third-order valence-electron chi connectivity index (χ3n) is 2.61. The second-order valence-corrected chi connectivity index (χ2v) is 4.23. The highest BCUT2D eigenvalue weighted by atomic mass is 35.5. The molecule has 3 aromatic rings. The Morgan fingerprint density at radius 3 is 2.59 bits per heavy atom. The third-order valence-corrected chi connectivity index (χ3v) is 2.87. The quantitative estimate of drug-likeness (QED) is 0.664. The van der Waals surface area contributed by atoms with Crippen molar-refractivity contribution in [2.24, 2.45) is 0 Å². The summed E-state index contributed by atoms with van der Waals surface area (Å²) in [6, 6.07) is 13.0. The van der Waals surface area contributed by atoms with E-state index >= 15 is 0 Å². The zero-order chi connectivity index (χ0) is 11.8. The molecule has 4 heteroatoms. The molecule has 0 aliphatic rings. The summed E-state index contributed by atoms with van der Waals surface area (Å²) in [5.41, 5.74) is 8.81. The van der Waals surface area contributed by atoms with Crippen molar-refractivity contribution in [3.63, 3.8) is 0 Å². The van der Waals surface area contributed by atoms with Crippen LogP contribution in [0.25, 0.3) is 22.2 Å². The number of hydrogen-bond donors (Lipinski definition) is 1. The number of rotatable bonds is 1. The number of nitrogens with two attached hydrogens (primary N) is 1. The van der Waals surface area contributed by atoms with Crippen LogP contribution in [0.15, 0.2) is 47.0 Å². The van der Waals surface area contributed by atoms with Crippen LogP contribution in [0.5, 0.6) is 0 Å². The van der Waals surface area contributed by atoms with E-state index in [0.717, 1.165) is 16.6 Å². The van der Waals surface area contributed by atoms with Crippen LogP contribution in [0.3, 0.4) is 0 Å². The van der Waals surface area contributed by atoms with Gasteiger partial charge < -0.3 is 10.3 Å². The van der Waals surface area contributed by atoms with Crippen LogP contribution in [0.1, 0.15) is 0 Å². The van der Waals surface area contributed by atoms with Crippen molar-refractivity contribution in [1.29, 1.82) is 0 Å². The zero-order valence-corrected chi connectivity index (χ0v) is 9.61. The van der Waals surface area contributed by atoms with Crippen molar-refractivity contribution in [3.05, 3.63) is 47.5 Å². The van der Waals surface area contributed by atoms with E-state index in [-0.39, 0.29) is 0 Å². The van der Waals surface area contributed by atoms with E-state index in [1.54, 1.807) is 6.07 Å². The lowest BCUT2D eigenvalue weighted by atomic mass is 10.1. The van der Waals surface area contributed by atoms with Gasteiger partial charge >= 0.3 is 0 Å². The van der Waals surface area contributed by atoms with Crippen molar-refractivity contribution in [2.75, 3.05) is 5.73 Å². The highest BCUT2D eigenvalue weighted by Crippen LogP contribution is 2.29. The van der Waals surface area contributed by atoms with E-state index in [1.807, 2.05) is 36.4 Å². The van der Waals surface area contributed by atoms with Crippen LogP contribution < -0.4 is 5.73 Å². The number of nitrogens with zero attached hydrogens (tertiary/aromatic N) is 1. The summed E-state index contributed by atoms with van der Waals surface area (Å²) in [4.78, 5) is 0. The van der Waals surface area contributed by atoms with Gasteiger partial charge in [-0.1, -0.05) is 28.9 Å². The molecule has 0 saturated heterocycles. The fourth-order valence-electron chi connectivity index (χ4n) is 1.77. The van der Waals surface area contributed by atoms with Crippen LogP contribution in [-0.2, 0) is 0 Å². The van der Waals surface area contributed by atoms with Crippen molar-refractivity contribution < 1.29 is 4.52 Å². The SMILES string of the molecule is Nc1ccc2c(-c3ccc(Cl)cc3)noc2c1. The molecule has 0 aliphatic carbocycles. The van der Waals surface area contributed by atoms with Gasteiger partial charge in [0.05, 0.1) is 0 Å². The summed E-state index contributed by atoms with van der Waals surface area (Å²) in [5, 5.41) is 5.71. The first kappa shape index (κ1) is 10.2. The smallest absolute Gasteiger partial charge is 0.169 e. The lowest BCUT2D eigenvalue weighted by molar-refractivity contribution is 0.459. The number of halogens is 1. The fourth-order valence-corrected chi connectivity index (χ4v) is 1.90. The molecule has 0 bridgehead atoms. The monoisotopic (exact) mass is 244 g/mol. The normalized spacial score (nSPS) is 10.9. The van der Waals surface area contributed by atoms with Gasteiger partial charge in [0.25, 0.3) is 0 Å². The molecule has 0 aliphatic heterocycles. The van der Waals surface area contributed by atoms with Gasteiger partial charge in [-0.25, -0.2) is 0 Å². The fraction of sp³-hybridized carbons (Fsp3) is 0. The molecule has 2 aromatic carbocycles. The average Bonchev–Trinajstić information content (AvgIpc) is 2.73. The second kappa shape index (κ2) is 3.79. The Bertz CT molecular complexity index is 673. The summed E-state index contributed by atoms with van der Waals surface area (Å²) in [5.74, 6) is 0. The van der Waals surface area contributed by atoms with Crippen LogP contribution >= 0.6 is 11.6 Å². The molecule has 84 valence electrons. The van der Waals surface area contributed by atoms with Gasteiger partial charge in [0, 0.05) is 27.7 Å². The molecule has 0 atom stereocenters. The molecule has 3 rings (SSSR count). The largest absolute Gasteiger partial charge is 0.399 e. The maximum Gasteiger partial charge on any atom is 0.169 e. The summed E-state index contributed by atoms with van der Waals surface area (Å²) in [6.07, 6.45) is 0. The van der Waals surface area contributed by atoms with Gasteiger partial charge in [-0.3, -0.25) is 0 Å². The first-order valence-corrected chi connectivity index (χ1v) is 5.53. The minimum atomic E-state index is 0.663. The lowest BCUT2D eigenvalue weighted by Crippen LogP contribution is -1.82. The molecule has 0 saturated carbocycles. The Labute approximate surface area is 103 Å². The van der Waals surface area contributed by atoms with Crippen LogP contribution in [0.2, 0.25) is 5.02 Å². The van der Waals surface area contributed by atoms with Gasteiger partial charge in [0.2, 0.25) is 0 Å². The first-order chi connectivity index (χ1) is 8.24. The molecule has 1 heterocycles. The van der Waals surface area contributed by atoms with Gasteiger partial charge in [0.15, 0.2) is 5.58 Å². The lowest BCUT2D eigenvalue weighted by Gasteiger charge is -1.97. The maximum absolute atomic E-state index is 5.85. The van der Waals surface area contributed by atoms with Crippen molar-refractivity contribution in [1.82, 2.24) is 5.16 Å². The van der Waals surface area contributed by atoms with E-state index in [4.69, 9.17) is 21.9 Å². The Balaban J connectivity index is 2.21. The molecule has 0 fully saturated rings. The Hall–Kier alpha value is -2.00. The van der Waals surface area contributed by atoms with E-state index in [2.05, 4.69) is 5.16 Å². The first-order valence-electron chi connectivity index (χ1n) is 5.15. The Kier molecular flexibility index (Phi) is 2.27. The molecular formula is C13H9ClN2O. The second-order valence-electron chi connectivity index (χ2n) is 3.79. The Morgan fingerprint density at radius 2 is 1.82 bits per heavy atom. The number of benzene rings is 2. The summed E-state index contributed by atoms with van der Waals surface area (Å²) < 4.78 is 5.25. The number of hydrogen-bond acceptors (Lipinski definition) is 3. The summed E-state index contributed by atoms with van der Waals surface area (Å²) in [7, 11) is 0. The molecule has 0 spiro atoms. The summed E-state index contributed by atoms with van der Waals surface area (Å²) in [6.45, 7) is 0. The van der Waals surface area contributed by atoms with Crippen LogP contribution in [-0.4, -0.2) is 5.16 Å². The molecule has 1 aromatic heterocycles. The minimum Gasteiger partial charge on any atom is -0.399 e. The van der Waals surface area contributed by atoms with Gasteiger partial charge in [-0.2, -0.15) is 0 Å². The number of anilines is 1. The minimum absolute atomic E-state index is 0.663. The van der Waals surface area contributed by atoms with E-state index in [9.17, 15) is 0 Å². The number of fused-ring (bicyclic) bond motifs is 1. The number of nitrogen functional groups attached to an aromatic ring is 1. The summed E-state index contributed by atoms with van der Waals surface area (Å²) >= 11 is 5.85. The van der Waals surface area contributed by atoms with Crippen LogP contribution in [0.4, 0.5) is 5.69 Å². The average molecular weight is 245 g/mol. The standard InChI is InChI=1S/C13H9ClN2O/c14-9-3-1-8(2-4-9)13-11-6-5-10(15)7-12(11)17-16-13/h1-7H,15H2. The molecule has 17 heavy (non-hydrogen) atoms. The van der Waals surface area contributed by atoms with Gasteiger partial charge in [0.1, 0.15) is 5.69 Å². The predicted molar refractivity (Wildman–Crippen MR) is 68.9 cm³/mol. The van der Waals surface area contributed by atoms with E-state index in [0.29, 0.717) is 16.3 Å². The topological polar surface area (TPSA) is 52.0 Å². The zero-order valence-electron chi connectivity index (χ0n) is 8.85. The molecule has 0 amide bonds. The molecule has 3 nitrogen and oxygen atoms in total. The predicted octanol–water partition coefficient (Wildman–Crippen LogP) is 3.73. The maximum atomic E-state index is 5.85. The van der Waals surface area contributed by atoms with Crippen molar-refractivity contribution >= 4 is 28.3 Å². The van der Waals surface area contributed by atoms with E-state index < -0.39 is 0 Å². The molecular weight excluding hydrogens is 236 g/mol. The molecule has 0 radical (unpaired) electrons. The molecule has 2 N–H and O–H groups in total. The highest BCUT2D eigenvalue weighted by molar-refractivity contribution is 6.30. The third kappa shape index (κ3) is 1.74. The van der Waals surface area contributed by atoms with E-state index in [1.165, 1.54) is 0 Å². The number of aromatic nitrogens is 1. The van der Waals surface area contributed by atoms with Gasteiger partial charge in [-0.05, 0) is 24.3 Å².